The topological polar surface area (TPSA) is 0 Å². The van der Waals surface area contributed by atoms with Crippen LogP contribution in [0.4, 0.5) is 0 Å². The molecule has 0 heterocycles. The van der Waals surface area contributed by atoms with E-state index in [0.29, 0.717) is 0 Å². The zero-order valence-electron chi connectivity index (χ0n) is 7.58. The summed E-state index contributed by atoms with van der Waals surface area (Å²) in [6, 6.07) is 0. The predicted octanol–water partition coefficient (Wildman–Crippen LogP) is 3.82. The predicted molar refractivity (Wildman–Crippen MR) is 54.8 cm³/mol. The highest BCUT2D eigenvalue weighted by Gasteiger charge is 1.84. The van der Waals surface area contributed by atoms with Crippen molar-refractivity contribution in [3.05, 3.63) is 42.9 Å². The first-order valence-corrected chi connectivity index (χ1v) is 4.80. The van der Waals surface area contributed by atoms with Crippen molar-refractivity contribution in [1.82, 2.24) is 0 Å². The molecule has 0 aliphatic heterocycles. The summed E-state index contributed by atoms with van der Waals surface area (Å²) in [5, 5.41) is 0. The van der Waals surface area contributed by atoms with Crippen LogP contribution < -0.4 is 0 Å². The molecule has 0 saturated carbocycles. The van der Waals surface area contributed by atoms with Crippen LogP contribution in [-0.2, 0) is 0 Å². The fourth-order valence-corrected chi connectivity index (χ4v) is 1.21. The molecular weight excluding hydrogens is 144 g/mol. The number of hydrogen-bond donors (Lipinski definition) is 0. The maximum Gasteiger partial charge on any atom is -0.0133 e. The third kappa shape index (κ3) is 4.95. The summed E-state index contributed by atoms with van der Waals surface area (Å²) in [6.45, 7) is 0. The molecule has 0 bridgehead atoms. The molecule has 0 N–H and O–H groups in total. The SMILES string of the molecule is [CH]1/C=C\CCCC/C=C/C=C\C1. The van der Waals surface area contributed by atoms with E-state index in [1.807, 2.05) is 0 Å². The van der Waals surface area contributed by atoms with Crippen LogP contribution in [0.3, 0.4) is 0 Å². The van der Waals surface area contributed by atoms with Gasteiger partial charge in [-0.2, -0.15) is 0 Å². The molecule has 0 fully saturated rings. The van der Waals surface area contributed by atoms with Gasteiger partial charge in [0.05, 0.1) is 0 Å². The third-order valence-electron chi connectivity index (χ3n) is 1.92. The summed E-state index contributed by atoms with van der Waals surface area (Å²) in [5.74, 6) is 0. The monoisotopic (exact) mass is 161 g/mol. The van der Waals surface area contributed by atoms with Crippen molar-refractivity contribution < 1.29 is 0 Å². The first-order chi connectivity index (χ1) is 6.00. The lowest BCUT2D eigenvalue weighted by atomic mass is 10.1. The fraction of sp³-hybridized carbons (Fsp3) is 0.417. The van der Waals surface area contributed by atoms with E-state index in [0.717, 1.165) is 6.42 Å². The summed E-state index contributed by atoms with van der Waals surface area (Å²) < 4.78 is 0. The Bertz CT molecular complexity index is 172. The molecule has 1 rings (SSSR count). The average molecular weight is 161 g/mol. The molecule has 0 unspecified atom stereocenters. The van der Waals surface area contributed by atoms with Crippen LogP contribution in [0.5, 0.6) is 0 Å². The minimum Gasteiger partial charge on any atom is -0.0882 e. The highest BCUT2D eigenvalue weighted by atomic mass is 13.9. The minimum atomic E-state index is 1.06. The van der Waals surface area contributed by atoms with Crippen molar-refractivity contribution >= 4 is 0 Å². The Hall–Kier alpha value is -0.780. The van der Waals surface area contributed by atoms with Gasteiger partial charge in [0.25, 0.3) is 0 Å². The van der Waals surface area contributed by atoms with E-state index in [2.05, 4.69) is 42.9 Å². The van der Waals surface area contributed by atoms with Crippen LogP contribution in [-0.4, -0.2) is 0 Å². The first kappa shape index (κ1) is 9.31. The number of allylic oxidation sites excluding steroid dienone is 6. The molecule has 0 nitrogen and oxygen atoms in total. The van der Waals surface area contributed by atoms with Crippen LogP contribution in [0.1, 0.15) is 32.1 Å². The van der Waals surface area contributed by atoms with Gasteiger partial charge < -0.3 is 0 Å². The first-order valence-electron chi connectivity index (χ1n) is 4.80. The maximum absolute atomic E-state index is 2.26. The van der Waals surface area contributed by atoms with E-state index in [4.69, 9.17) is 0 Å². The van der Waals surface area contributed by atoms with Gasteiger partial charge >= 0.3 is 0 Å². The largest absolute Gasteiger partial charge is 0.0882 e. The molecule has 12 heavy (non-hydrogen) atoms. The Labute approximate surface area is 75.7 Å². The molecule has 1 aliphatic rings. The van der Waals surface area contributed by atoms with Gasteiger partial charge in [-0.1, -0.05) is 36.5 Å². The molecule has 1 aliphatic carbocycles. The molecule has 1 radical (unpaired) electrons. The molecule has 0 heteroatoms. The van der Waals surface area contributed by atoms with Crippen LogP contribution in [0, 0.1) is 6.42 Å². The second-order valence-electron chi connectivity index (χ2n) is 3.04. The molecule has 0 atom stereocenters. The second kappa shape index (κ2) is 6.90. The summed E-state index contributed by atoms with van der Waals surface area (Å²) in [7, 11) is 0. The fourth-order valence-electron chi connectivity index (χ4n) is 1.21. The maximum atomic E-state index is 2.26. The Balaban J connectivity index is 2.31. The Morgan fingerprint density at radius 2 is 1.33 bits per heavy atom. The smallest absolute Gasteiger partial charge is 0.0133 e. The van der Waals surface area contributed by atoms with E-state index >= 15 is 0 Å². The summed E-state index contributed by atoms with van der Waals surface area (Å²) in [5.41, 5.74) is 0. The standard InChI is InChI=1S/C12H17/c1-2-4-6-8-10-12-11-9-7-5-3-1/h1-4,7,9,11H,5-6,8,10,12H2/b3-1-,4-2+,11-9-. The second-order valence-corrected chi connectivity index (χ2v) is 3.04. The van der Waals surface area contributed by atoms with Crippen molar-refractivity contribution in [3.63, 3.8) is 0 Å². The van der Waals surface area contributed by atoms with Gasteiger partial charge in [-0.05, 0) is 38.5 Å². The minimum absolute atomic E-state index is 1.06. The van der Waals surface area contributed by atoms with E-state index in [1.54, 1.807) is 0 Å². The van der Waals surface area contributed by atoms with Crippen LogP contribution >= 0.6 is 0 Å². The van der Waals surface area contributed by atoms with Gasteiger partial charge in [0, 0.05) is 0 Å². The van der Waals surface area contributed by atoms with Crippen molar-refractivity contribution in [2.45, 2.75) is 32.1 Å². The van der Waals surface area contributed by atoms with Gasteiger partial charge in [0.1, 0.15) is 0 Å². The van der Waals surface area contributed by atoms with E-state index in [9.17, 15) is 0 Å². The lowest BCUT2D eigenvalue weighted by molar-refractivity contribution is 0.761. The molecule has 0 saturated heterocycles. The quantitative estimate of drug-likeness (QED) is 0.506. The van der Waals surface area contributed by atoms with Gasteiger partial charge in [-0.3, -0.25) is 0 Å². The molecular formula is C12H17. The summed E-state index contributed by atoms with van der Waals surface area (Å²) in [4.78, 5) is 0. The number of hydrogen-bond acceptors (Lipinski definition) is 0. The summed E-state index contributed by atoms with van der Waals surface area (Å²) >= 11 is 0. The Morgan fingerprint density at radius 3 is 2.17 bits per heavy atom. The van der Waals surface area contributed by atoms with E-state index in [-0.39, 0.29) is 0 Å². The lowest BCUT2D eigenvalue weighted by Gasteiger charge is -1.94. The molecule has 65 valence electrons. The molecule has 0 amide bonds. The molecule has 0 aromatic carbocycles. The van der Waals surface area contributed by atoms with Crippen molar-refractivity contribution in [3.8, 4) is 0 Å². The van der Waals surface area contributed by atoms with Crippen molar-refractivity contribution in [2.75, 3.05) is 0 Å². The number of rotatable bonds is 0. The van der Waals surface area contributed by atoms with Crippen LogP contribution in [0.2, 0.25) is 0 Å². The zero-order valence-corrected chi connectivity index (χ0v) is 7.58. The highest BCUT2D eigenvalue weighted by molar-refractivity contribution is 5.07. The molecule has 0 aromatic heterocycles. The van der Waals surface area contributed by atoms with Gasteiger partial charge in [-0.25, -0.2) is 0 Å². The van der Waals surface area contributed by atoms with Gasteiger partial charge in [-0.15, -0.1) is 0 Å². The van der Waals surface area contributed by atoms with Crippen LogP contribution in [0.15, 0.2) is 36.5 Å². The van der Waals surface area contributed by atoms with Gasteiger partial charge in [0.2, 0.25) is 0 Å². The Morgan fingerprint density at radius 1 is 0.667 bits per heavy atom. The highest BCUT2D eigenvalue weighted by Crippen LogP contribution is 2.04. The van der Waals surface area contributed by atoms with Crippen LogP contribution in [0.25, 0.3) is 0 Å². The average Bonchev–Trinajstić information content (AvgIpc) is 2.05. The van der Waals surface area contributed by atoms with Crippen molar-refractivity contribution in [2.24, 2.45) is 0 Å². The van der Waals surface area contributed by atoms with E-state index in [1.165, 1.54) is 25.7 Å². The molecule has 0 spiro atoms. The zero-order chi connectivity index (χ0) is 8.49. The summed E-state index contributed by atoms with van der Waals surface area (Å²) in [6.07, 6.45) is 21.5. The third-order valence-corrected chi connectivity index (χ3v) is 1.92. The van der Waals surface area contributed by atoms with Crippen molar-refractivity contribution in [1.29, 1.82) is 0 Å². The van der Waals surface area contributed by atoms with Gasteiger partial charge in [0.15, 0.2) is 0 Å². The lowest BCUT2D eigenvalue weighted by Crippen LogP contribution is -1.74. The molecule has 0 aromatic rings. The normalized spacial score (nSPS) is 28.0. The van der Waals surface area contributed by atoms with E-state index < -0.39 is 0 Å². The Kier molecular flexibility index (Phi) is 5.35.